The largest absolute Gasteiger partial charge is 0.478 e. The third-order valence-corrected chi connectivity index (χ3v) is 2.15. The Morgan fingerprint density at radius 1 is 1.58 bits per heavy atom. The van der Waals surface area contributed by atoms with E-state index in [4.69, 9.17) is 5.11 Å². The first-order valence-electron chi connectivity index (χ1n) is 3.82. The van der Waals surface area contributed by atoms with Crippen LogP contribution in [0.15, 0.2) is 22.8 Å². The highest BCUT2D eigenvalue weighted by molar-refractivity contribution is 5.92. The molecule has 66 valence electrons. The van der Waals surface area contributed by atoms with Crippen LogP contribution in [-0.2, 0) is 4.79 Å². The molecule has 0 radical (unpaired) electrons. The number of rotatable bonds is 1. The first-order chi connectivity index (χ1) is 5.52. The van der Waals surface area contributed by atoms with E-state index in [1.54, 1.807) is 6.92 Å². The van der Waals surface area contributed by atoms with Gasteiger partial charge in [0, 0.05) is 0 Å². The van der Waals surface area contributed by atoms with Gasteiger partial charge >= 0.3 is 5.97 Å². The Kier molecular flexibility index (Phi) is 2.33. The number of aliphatic hydroxyl groups excluding tert-OH is 1. The van der Waals surface area contributed by atoms with Crippen LogP contribution in [0, 0.1) is 0 Å². The SMILES string of the molecule is CC1=C(C)C(C(=O)O)=CC(O)C1. The van der Waals surface area contributed by atoms with Gasteiger partial charge in [0.15, 0.2) is 0 Å². The van der Waals surface area contributed by atoms with Crippen LogP contribution in [0.4, 0.5) is 0 Å². The van der Waals surface area contributed by atoms with Gasteiger partial charge in [0.2, 0.25) is 0 Å². The van der Waals surface area contributed by atoms with Crippen LogP contribution >= 0.6 is 0 Å². The van der Waals surface area contributed by atoms with Crippen molar-refractivity contribution < 1.29 is 15.0 Å². The number of carboxylic acids is 1. The van der Waals surface area contributed by atoms with E-state index in [1.165, 1.54) is 6.08 Å². The van der Waals surface area contributed by atoms with Crippen molar-refractivity contribution in [2.75, 3.05) is 0 Å². The lowest BCUT2D eigenvalue weighted by Crippen LogP contribution is -2.15. The van der Waals surface area contributed by atoms with Crippen LogP contribution < -0.4 is 0 Å². The average Bonchev–Trinajstić information content (AvgIpc) is 1.96. The highest BCUT2D eigenvalue weighted by Gasteiger charge is 2.19. The monoisotopic (exact) mass is 168 g/mol. The fraction of sp³-hybridized carbons (Fsp3) is 0.444. The summed E-state index contributed by atoms with van der Waals surface area (Å²) in [4.78, 5) is 10.6. The minimum atomic E-state index is -0.967. The van der Waals surface area contributed by atoms with Crippen molar-refractivity contribution in [3.63, 3.8) is 0 Å². The van der Waals surface area contributed by atoms with Gasteiger partial charge in [-0.2, -0.15) is 0 Å². The maximum atomic E-state index is 10.6. The summed E-state index contributed by atoms with van der Waals surface area (Å²) in [5, 5.41) is 18.0. The van der Waals surface area contributed by atoms with Gasteiger partial charge in [0.1, 0.15) is 0 Å². The molecule has 0 saturated heterocycles. The van der Waals surface area contributed by atoms with Crippen LogP contribution in [0.5, 0.6) is 0 Å². The minimum absolute atomic E-state index is 0.228. The average molecular weight is 168 g/mol. The zero-order valence-electron chi connectivity index (χ0n) is 7.16. The molecule has 1 rings (SSSR count). The molecule has 1 atom stereocenters. The molecule has 0 aromatic carbocycles. The van der Waals surface area contributed by atoms with Gasteiger partial charge in [0.05, 0.1) is 11.7 Å². The highest BCUT2D eigenvalue weighted by Crippen LogP contribution is 2.24. The third-order valence-electron chi connectivity index (χ3n) is 2.15. The Balaban J connectivity index is 3.04. The third kappa shape index (κ3) is 1.56. The van der Waals surface area contributed by atoms with Crippen LogP contribution in [0.2, 0.25) is 0 Å². The van der Waals surface area contributed by atoms with Crippen LogP contribution in [-0.4, -0.2) is 22.3 Å². The van der Waals surface area contributed by atoms with E-state index in [1.807, 2.05) is 6.92 Å². The molecule has 0 aromatic rings. The van der Waals surface area contributed by atoms with Gasteiger partial charge in [-0.25, -0.2) is 4.79 Å². The second-order valence-electron chi connectivity index (χ2n) is 3.06. The van der Waals surface area contributed by atoms with Gasteiger partial charge in [-0.05, 0) is 31.9 Å². The van der Waals surface area contributed by atoms with E-state index in [0.29, 0.717) is 6.42 Å². The molecule has 2 N–H and O–H groups in total. The van der Waals surface area contributed by atoms with Gasteiger partial charge < -0.3 is 10.2 Å². The Morgan fingerprint density at radius 2 is 2.17 bits per heavy atom. The van der Waals surface area contributed by atoms with E-state index >= 15 is 0 Å². The molecule has 0 heterocycles. The lowest BCUT2D eigenvalue weighted by atomic mass is 9.91. The Morgan fingerprint density at radius 3 is 2.67 bits per heavy atom. The van der Waals surface area contributed by atoms with Crippen LogP contribution in [0.25, 0.3) is 0 Å². The Bertz CT molecular complexity index is 273. The summed E-state index contributed by atoms with van der Waals surface area (Å²) in [6, 6.07) is 0. The summed E-state index contributed by atoms with van der Waals surface area (Å²) in [5.41, 5.74) is 1.95. The zero-order valence-corrected chi connectivity index (χ0v) is 7.16. The van der Waals surface area contributed by atoms with Gasteiger partial charge in [-0.1, -0.05) is 5.57 Å². The van der Waals surface area contributed by atoms with Crippen molar-refractivity contribution in [3.05, 3.63) is 22.8 Å². The normalized spacial score (nSPS) is 23.9. The number of carbonyl (C=O) groups is 1. The molecular formula is C9H12O3. The van der Waals surface area contributed by atoms with E-state index in [0.717, 1.165) is 11.1 Å². The number of carboxylic acid groups (broad SMARTS) is 1. The second-order valence-corrected chi connectivity index (χ2v) is 3.06. The van der Waals surface area contributed by atoms with E-state index in [2.05, 4.69) is 0 Å². The molecule has 1 aliphatic carbocycles. The van der Waals surface area contributed by atoms with E-state index in [-0.39, 0.29) is 5.57 Å². The molecule has 3 nitrogen and oxygen atoms in total. The van der Waals surface area contributed by atoms with Gasteiger partial charge in [-0.3, -0.25) is 0 Å². The standard InChI is InChI=1S/C9H12O3/c1-5-3-7(10)4-8(6(5)2)9(11)12/h4,7,10H,3H2,1-2H3,(H,11,12). The number of hydrogen-bond donors (Lipinski definition) is 2. The van der Waals surface area contributed by atoms with Gasteiger partial charge in [-0.15, -0.1) is 0 Å². The summed E-state index contributed by atoms with van der Waals surface area (Å²) in [6.45, 7) is 3.61. The molecule has 0 bridgehead atoms. The van der Waals surface area contributed by atoms with Crippen molar-refractivity contribution in [1.29, 1.82) is 0 Å². The van der Waals surface area contributed by atoms with Crippen molar-refractivity contribution in [2.45, 2.75) is 26.4 Å². The number of aliphatic carboxylic acids is 1. The van der Waals surface area contributed by atoms with Crippen molar-refractivity contribution >= 4 is 5.97 Å². The Hall–Kier alpha value is -1.09. The summed E-state index contributed by atoms with van der Waals surface area (Å²) in [6.07, 6.45) is 1.30. The molecule has 0 spiro atoms. The highest BCUT2D eigenvalue weighted by atomic mass is 16.4. The smallest absolute Gasteiger partial charge is 0.335 e. The molecule has 1 unspecified atom stereocenters. The molecule has 1 aliphatic rings. The van der Waals surface area contributed by atoms with Crippen molar-refractivity contribution in [2.24, 2.45) is 0 Å². The fourth-order valence-corrected chi connectivity index (χ4v) is 1.30. The molecule has 12 heavy (non-hydrogen) atoms. The summed E-state index contributed by atoms with van der Waals surface area (Å²) >= 11 is 0. The number of hydrogen-bond acceptors (Lipinski definition) is 2. The van der Waals surface area contributed by atoms with Gasteiger partial charge in [0.25, 0.3) is 0 Å². The van der Waals surface area contributed by atoms with Crippen molar-refractivity contribution in [1.82, 2.24) is 0 Å². The molecular weight excluding hydrogens is 156 g/mol. The lowest BCUT2D eigenvalue weighted by molar-refractivity contribution is -0.132. The fourth-order valence-electron chi connectivity index (χ4n) is 1.30. The first kappa shape index (κ1) is 9.00. The minimum Gasteiger partial charge on any atom is -0.478 e. The maximum Gasteiger partial charge on any atom is 0.335 e. The predicted octanol–water partition coefficient (Wildman–Crippen LogP) is 1.10. The zero-order chi connectivity index (χ0) is 9.30. The molecule has 0 saturated carbocycles. The summed E-state index contributed by atoms with van der Waals surface area (Å²) in [5.74, 6) is -0.967. The predicted molar refractivity (Wildman–Crippen MR) is 44.7 cm³/mol. The van der Waals surface area contributed by atoms with Crippen molar-refractivity contribution in [3.8, 4) is 0 Å². The molecule has 0 fully saturated rings. The van der Waals surface area contributed by atoms with E-state index in [9.17, 15) is 9.90 Å². The summed E-state index contributed by atoms with van der Waals surface area (Å²) < 4.78 is 0. The second kappa shape index (κ2) is 3.11. The molecule has 0 amide bonds. The lowest BCUT2D eigenvalue weighted by Gasteiger charge is -2.17. The van der Waals surface area contributed by atoms with Crippen LogP contribution in [0.3, 0.4) is 0 Å². The maximum absolute atomic E-state index is 10.6. The Labute approximate surface area is 71.0 Å². The number of aliphatic hydroxyl groups is 1. The topological polar surface area (TPSA) is 57.5 Å². The van der Waals surface area contributed by atoms with E-state index < -0.39 is 12.1 Å². The van der Waals surface area contributed by atoms with Crippen LogP contribution in [0.1, 0.15) is 20.3 Å². The first-order valence-corrected chi connectivity index (χ1v) is 3.82. The molecule has 0 aliphatic heterocycles. The summed E-state index contributed by atoms with van der Waals surface area (Å²) in [7, 11) is 0. The molecule has 0 aromatic heterocycles. The quantitative estimate of drug-likeness (QED) is 0.616. The molecule has 3 heteroatoms.